The average molecular weight is 378 g/mol. The van der Waals surface area contributed by atoms with Crippen molar-refractivity contribution in [2.24, 2.45) is 11.8 Å². The number of sulfone groups is 1. The Balaban J connectivity index is 1.61. The Hall–Kier alpha value is -1.36. The van der Waals surface area contributed by atoms with Crippen LogP contribution in [0.1, 0.15) is 56.9 Å². The van der Waals surface area contributed by atoms with Crippen LogP contribution in [0.25, 0.3) is 0 Å². The molecule has 0 spiro atoms. The van der Waals surface area contributed by atoms with E-state index in [2.05, 4.69) is 17.4 Å². The molecule has 1 aliphatic heterocycles. The molecule has 2 aliphatic rings. The van der Waals surface area contributed by atoms with Gasteiger partial charge in [-0.15, -0.1) is 0 Å². The average Bonchev–Trinajstić information content (AvgIpc) is 2.63. The minimum atomic E-state index is -2.93. The van der Waals surface area contributed by atoms with Crippen molar-refractivity contribution < 1.29 is 13.2 Å². The van der Waals surface area contributed by atoms with Gasteiger partial charge in [0.1, 0.15) is 9.84 Å². The first-order valence-electron chi connectivity index (χ1n) is 10.1. The van der Waals surface area contributed by atoms with Crippen LogP contribution >= 0.6 is 0 Å². The second kappa shape index (κ2) is 9.03. The highest BCUT2D eigenvalue weighted by molar-refractivity contribution is 7.91. The highest BCUT2D eigenvalue weighted by atomic mass is 32.2. The first kappa shape index (κ1) is 19.4. The molecule has 0 bridgehead atoms. The molecule has 0 aromatic heterocycles. The lowest BCUT2D eigenvalue weighted by Gasteiger charge is -2.29. The van der Waals surface area contributed by atoms with Gasteiger partial charge in [0.25, 0.3) is 0 Å². The maximum atomic E-state index is 12.7. The first-order chi connectivity index (χ1) is 12.5. The van der Waals surface area contributed by atoms with E-state index in [0.717, 1.165) is 12.8 Å². The van der Waals surface area contributed by atoms with E-state index in [-0.39, 0.29) is 29.4 Å². The fourth-order valence-electron chi connectivity index (χ4n) is 4.39. The van der Waals surface area contributed by atoms with E-state index < -0.39 is 9.84 Å². The Morgan fingerprint density at radius 2 is 1.65 bits per heavy atom. The van der Waals surface area contributed by atoms with Crippen LogP contribution in [0.4, 0.5) is 0 Å². The number of carbonyl (C=O) groups is 1. The number of hydrogen-bond acceptors (Lipinski definition) is 3. The first-order valence-corrected chi connectivity index (χ1v) is 11.9. The van der Waals surface area contributed by atoms with Crippen LogP contribution in [-0.2, 0) is 21.1 Å². The van der Waals surface area contributed by atoms with Gasteiger partial charge in [-0.2, -0.15) is 0 Å². The van der Waals surface area contributed by atoms with Gasteiger partial charge in [0.2, 0.25) is 5.91 Å². The lowest BCUT2D eigenvalue weighted by Crippen LogP contribution is -2.43. The molecule has 1 unspecified atom stereocenters. The van der Waals surface area contributed by atoms with Crippen molar-refractivity contribution in [2.75, 3.05) is 11.5 Å². The molecule has 1 N–H and O–H groups in total. The molecule has 1 aromatic rings. The fraction of sp³-hybridized carbons (Fsp3) is 0.667. The highest BCUT2D eigenvalue weighted by Crippen LogP contribution is 2.28. The van der Waals surface area contributed by atoms with Gasteiger partial charge in [0.15, 0.2) is 0 Å². The molecule has 4 nitrogen and oxygen atoms in total. The highest BCUT2D eigenvalue weighted by Gasteiger charge is 2.30. The SMILES string of the molecule is O=C(NC(Cc1ccccc1)CC1CCCCC1)C1CCS(=O)(=O)CC1. The number of benzene rings is 1. The van der Waals surface area contributed by atoms with Crippen LogP contribution in [0.3, 0.4) is 0 Å². The molecule has 3 rings (SSSR count). The number of nitrogens with one attached hydrogen (secondary N) is 1. The summed E-state index contributed by atoms with van der Waals surface area (Å²) in [5.41, 5.74) is 1.25. The molecule has 144 valence electrons. The van der Waals surface area contributed by atoms with Crippen LogP contribution in [0.2, 0.25) is 0 Å². The molecule has 1 aromatic carbocycles. The fourth-order valence-corrected chi connectivity index (χ4v) is 5.88. The number of amides is 1. The summed E-state index contributed by atoms with van der Waals surface area (Å²) in [6, 6.07) is 10.5. The number of carbonyl (C=O) groups excluding carboxylic acids is 1. The summed E-state index contributed by atoms with van der Waals surface area (Å²) in [5.74, 6) is 0.901. The topological polar surface area (TPSA) is 63.2 Å². The molecule has 1 saturated carbocycles. The zero-order valence-electron chi connectivity index (χ0n) is 15.5. The Bertz CT molecular complexity index is 666. The molecule has 1 saturated heterocycles. The summed E-state index contributed by atoms with van der Waals surface area (Å²) in [6.45, 7) is 0. The Labute approximate surface area is 157 Å². The Kier molecular flexibility index (Phi) is 6.74. The number of rotatable bonds is 6. The van der Waals surface area contributed by atoms with E-state index in [1.54, 1.807) is 0 Å². The molecule has 1 aliphatic carbocycles. The van der Waals surface area contributed by atoms with Gasteiger partial charge in [0.05, 0.1) is 11.5 Å². The Morgan fingerprint density at radius 3 is 2.31 bits per heavy atom. The summed E-state index contributed by atoms with van der Waals surface area (Å²) in [6.07, 6.45) is 9.30. The van der Waals surface area contributed by atoms with E-state index in [1.807, 2.05) is 18.2 Å². The van der Waals surface area contributed by atoms with E-state index in [1.165, 1.54) is 37.7 Å². The van der Waals surface area contributed by atoms with Crippen LogP contribution in [0, 0.1) is 11.8 Å². The van der Waals surface area contributed by atoms with Crippen molar-refractivity contribution in [1.29, 1.82) is 0 Å². The van der Waals surface area contributed by atoms with Crippen molar-refractivity contribution >= 4 is 15.7 Å². The second-order valence-electron chi connectivity index (χ2n) is 8.06. The molecule has 1 atom stereocenters. The molecule has 1 amide bonds. The third kappa shape index (κ3) is 5.83. The smallest absolute Gasteiger partial charge is 0.223 e. The molecule has 5 heteroatoms. The summed E-state index contributed by atoms with van der Waals surface area (Å²) >= 11 is 0. The van der Waals surface area contributed by atoms with Crippen LogP contribution < -0.4 is 5.32 Å². The summed E-state index contributed by atoms with van der Waals surface area (Å²) < 4.78 is 23.2. The van der Waals surface area contributed by atoms with Gasteiger partial charge < -0.3 is 5.32 Å². The van der Waals surface area contributed by atoms with Crippen molar-refractivity contribution in [3.05, 3.63) is 35.9 Å². The normalized spacial score (nSPS) is 22.6. The van der Waals surface area contributed by atoms with Gasteiger partial charge in [-0.05, 0) is 37.2 Å². The third-order valence-corrected chi connectivity index (χ3v) is 7.65. The van der Waals surface area contributed by atoms with Crippen LogP contribution in [0.5, 0.6) is 0 Å². The summed E-state index contributed by atoms with van der Waals surface area (Å²) in [7, 11) is -2.93. The second-order valence-corrected chi connectivity index (χ2v) is 10.4. The maximum absolute atomic E-state index is 12.7. The lowest BCUT2D eigenvalue weighted by atomic mass is 9.83. The molecular formula is C21H31NO3S. The van der Waals surface area contributed by atoms with Crippen molar-refractivity contribution in [1.82, 2.24) is 5.32 Å². The number of hydrogen-bond donors (Lipinski definition) is 1. The minimum Gasteiger partial charge on any atom is -0.353 e. The largest absolute Gasteiger partial charge is 0.353 e. The van der Waals surface area contributed by atoms with E-state index in [9.17, 15) is 13.2 Å². The van der Waals surface area contributed by atoms with E-state index in [4.69, 9.17) is 0 Å². The standard InChI is InChI=1S/C21H31NO3S/c23-21(19-11-13-26(24,25)14-12-19)22-20(15-17-7-3-1-4-8-17)16-18-9-5-2-6-10-18/h1,3-4,7-8,18-20H,2,5-6,9-16H2,(H,22,23). The third-order valence-electron chi connectivity index (χ3n) is 5.94. The van der Waals surface area contributed by atoms with E-state index in [0.29, 0.717) is 18.8 Å². The molecule has 1 heterocycles. The van der Waals surface area contributed by atoms with Gasteiger partial charge in [0, 0.05) is 12.0 Å². The maximum Gasteiger partial charge on any atom is 0.223 e. The monoisotopic (exact) mass is 377 g/mol. The zero-order valence-corrected chi connectivity index (χ0v) is 16.3. The van der Waals surface area contributed by atoms with Gasteiger partial charge in [-0.25, -0.2) is 8.42 Å². The van der Waals surface area contributed by atoms with Gasteiger partial charge in [-0.1, -0.05) is 62.4 Å². The van der Waals surface area contributed by atoms with Crippen LogP contribution in [-0.4, -0.2) is 31.9 Å². The van der Waals surface area contributed by atoms with E-state index >= 15 is 0 Å². The molecule has 0 radical (unpaired) electrons. The molecule has 2 fully saturated rings. The molecule has 26 heavy (non-hydrogen) atoms. The predicted molar refractivity (Wildman–Crippen MR) is 105 cm³/mol. The quantitative estimate of drug-likeness (QED) is 0.825. The summed E-state index contributed by atoms with van der Waals surface area (Å²) in [5, 5.41) is 3.28. The Morgan fingerprint density at radius 1 is 1.00 bits per heavy atom. The summed E-state index contributed by atoms with van der Waals surface area (Å²) in [4.78, 5) is 12.7. The van der Waals surface area contributed by atoms with Crippen molar-refractivity contribution in [3.63, 3.8) is 0 Å². The lowest BCUT2D eigenvalue weighted by molar-refractivity contribution is -0.126. The van der Waals surface area contributed by atoms with Gasteiger partial charge in [-0.3, -0.25) is 4.79 Å². The van der Waals surface area contributed by atoms with Crippen molar-refractivity contribution in [2.45, 2.75) is 63.8 Å². The van der Waals surface area contributed by atoms with Crippen molar-refractivity contribution in [3.8, 4) is 0 Å². The minimum absolute atomic E-state index is 0.0524. The predicted octanol–water partition coefficient (Wildman–Crippen LogP) is 3.51. The van der Waals surface area contributed by atoms with Gasteiger partial charge >= 0.3 is 0 Å². The zero-order chi connectivity index (χ0) is 18.4. The molecular weight excluding hydrogens is 346 g/mol. The van der Waals surface area contributed by atoms with Crippen LogP contribution in [0.15, 0.2) is 30.3 Å².